The van der Waals surface area contributed by atoms with Crippen molar-refractivity contribution in [2.24, 2.45) is 0 Å². The molecule has 1 aromatic carbocycles. The van der Waals surface area contributed by atoms with E-state index < -0.39 is 0 Å². The Labute approximate surface area is 127 Å². The Bertz CT molecular complexity index is 773. The van der Waals surface area contributed by atoms with Crippen LogP contribution in [-0.2, 0) is 0 Å². The van der Waals surface area contributed by atoms with Crippen molar-refractivity contribution in [3.8, 4) is 17.4 Å². The quantitative estimate of drug-likeness (QED) is 0.737. The maximum atomic E-state index is 5.97. The lowest BCUT2D eigenvalue weighted by Crippen LogP contribution is -2.03. The highest BCUT2D eigenvalue weighted by Crippen LogP contribution is 2.26. The van der Waals surface area contributed by atoms with Crippen molar-refractivity contribution < 1.29 is 4.74 Å². The Morgan fingerprint density at radius 3 is 2.90 bits per heavy atom. The third kappa shape index (κ3) is 2.92. The number of nitrogens with zero attached hydrogens (tertiary/aromatic N) is 4. The van der Waals surface area contributed by atoms with E-state index >= 15 is 0 Å². The second-order valence-corrected chi connectivity index (χ2v) is 4.80. The van der Waals surface area contributed by atoms with Gasteiger partial charge in [0.25, 0.3) is 0 Å². The summed E-state index contributed by atoms with van der Waals surface area (Å²) in [6, 6.07) is 8.07. The second-order valence-electron chi connectivity index (χ2n) is 4.46. The zero-order chi connectivity index (χ0) is 14.7. The average Bonchev–Trinajstić information content (AvgIpc) is 2.52. The molecule has 3 aromatic rings. The number of benzene rings is 1. The Morgan fingerprint density at radius 1 is 1.14 bits per heavy atom. The number of fused-ring (bicyclic) bond motifs is 1. The van der Waals surface area contributed by atoms with Gasteiger partial charge in [0.05, 0.1) is 6.61 Å². The monoisotopic (exact) mass is 300 g/mol. The summed E-state index contributed by atoms with van der Waals surface area (Å²) in [7, 11) is 0. The zero-order valence-electron chi connectivity index (χ0n) is 11.5. The third-order valence-corrected chi connectivity index (χ3v) is 3.12. The first kappa shape index (κ1) is 13.7. The number of hydrogen-bond donors (Lipinski definition) is 0. The number of ether oxygens (including phenoxy) is 1. The van der Waals surface area contributed by atoms with Crippen molar-refractivity contribution in [2.45, 2.75) is 13.3 Å². The molecule has 0 saturated heterocycles. The summed E-state index contributed by atoms with van der Waals surface area (Å²) in [6.45, 7) is 2.55. The van der Waals surface area contributed by atoms with Crippen LogP contribution in [-0.4, -0.2) is 26.5 Å². The lowest BCUT2D eigenvalue weighted by atomic mass is 10.1. The van der Waals surface area contributed by atoms with Gasteiger partial charge in [0.2, 0.25) is 5.28 Å². The van der Waals surface area contributed by atoms with Crippen LogP contribution in [0.4, 0.5) is 0 Å². The predicted molar refractivity (Wildman–Crippen MR) is 81.4 cm³/mol. The van der Waals surface area contributed by atoms with Crippen molar-refractivity contribution in [3.05, 3.63) is 41.9 Å². The second kappa shape index (κ2) is 6.01. The lowest BCUT2D eigenvalue weighted by Gasteiger charge is -2.07. The molecule has 2 heterocycles. The van der Waals surface area contributed by atoms with Gasteiger partial charge in [-0.1, -0.05) is 25.1 Å². The van der Waals surface area contributed by atoms with Gasteiger partial charge in [-0.05, 0) is 29.5 Å². The van der Waals surface area contributed by atoms with E-state index in [1.54, 1.807) is 12.4 Å². The molecule has 0 saturated carbocycles. The van der Waals surface area contributed by atoms with Crippen molar-refractivity contribution >= 4 is 22.4 Å². The summed E-state index contributed by atoms with van der Waals surface area (Å²) in [5, 5.41) is 2.14. The summed E-state index contributed by atoms with van der Waals surface area (Å²) < 4.78 is 5.45. The van der Waals surface area contributed by atoms with Gasteiger partial charge in [-0.25, -0.2) is 0 Å². The van der Waals surface area contributed by atoms with E-state index in [0.29, 0.717) is 12.4 Å². The van der Waals surface area contributed by atoms with E-state index in [-0.39, 0.29) is 11.3 Å². The van der Waals surface area contributed by atoms with Crippen LogP contribution in [0, 0.1) is 0 Å². The van der Waals surface area contributed by atoms with Crippen molar-refractivity contribution in [1.82, 2.24) is 19.9 Å². The van der Waals surface area contributed by atoms with Crippen LogP contribution in [0.2, 0.25) is 5.28 Å². The highest BCUT2D eigenvalue weighted by molar-refractivity contribution is 6.28. The Hall–Kier alpha value is -2.27. The van der Waals surface area contributed by atoms with Gasteiger partial charge in [-0.3, -0.25) is 4.98 Å². The van der Waals surface area contributed by atoms with E-state index in [4.69, 9.17) is 16.3 Å². The molecule has 6 heteroatoms. The van der Waals surface area contributed by atoms with Crippen molar-refractivity contribution in [3.63, 3.8) is 0 Å². The minimum absolute atomic E-state index is 0.118. The average molecular weight is 301 g/mol. The molecular weight excluding hydrogens is 288 g/mol. The summed E-state index contributed by atoms with van der Waals surface area (Å²) >= 11 is 5.97. The molecule has 0 amide bonds. The number of hydrogen-bond acceptors (Lipinski definition) is 5. The standard InChI is InChI=1S/C15H13ClN4O/c1-2-8-21-15-19-13(18-14(16)20-15)11-5-3-4-10-6-7-17-9-12(10)11/h3-7,9H,2,8H2,1H3. The minimum atomic E-state index is 0.118. The molecule has 0 bridgehead atoms. The molecule has 0 radical (unpaired) electrons. The smallest absolute Gasteiger partial charge is 0.321 e. The van der Waals surface area contributed by atoms with Crippen LogP contribution in [0.1, 0.15) is 13.3 Å². The summed E-state index contributed by atoms with van der Waals surface area (Å²) in [5.74, 6) is 0.486. The first-order valence-electron chi connectivity index (χ1n) is 6.65. The normalized spacial score (nSPS) is 10.8. The van der Waals surface area contributed by atoms with Gasteiger partial charge in [0, 0.05) is 23.3 Å². The topological polar surface area (TPSA) is 60.8 Å². The molecule has 0 atom stereocenters. The fraction of sp³-hybridized carbons (Fsp3) is 0.200. The van der Waals surface area contributed by atoms with Gasteiger partial charge in [-0.15, -0.1) is 0 Å². The molecule has 3 rings (SSSR count). The largest absolute Gasteiger partial charge is 0.463 e. The molecule has 2 aromatic heterocycles. The van der Waals surface area contributed by atoms with Crippen LogP contribution in [0.3, 0.4) is 0 Å². The lowest BCUT2D eigenvalue weighted by molar-refractivity contribution is 0.291. The van der Waals surface area contributed by atoms with E-state index in [2.05, 4.69) is 19.9 Å². The van der Waals surface area contributed by atoms with Gasteiger partial charge in [0.1, 0.15) is 0 Å². The Balaban J connectivity index is 2.12. The van der Waals surface area contributed by atoms with Crippen LogP contribution >= 0.6 is 11.6 Å². The molecule has 0 spiro atoms. The minimum Gasteiger partial charge on any atom is -0.463 e. The number of pyridine rings is 1. The predicted octanol–water partition coefficient (Wildman–Crippen LogP) is 3.53. The molecule has 0 fully saturated rings. The van der Waals surface area contributed by atoms with Crippen LogP contribution in [0.15, 0.2) is 36.7 Å². The molecule has 0 unspecified atom stereocenters. The summed E-state index contributed by atoms with van der Waals surface area (Å²) in [6.07, 6.45) is 4.41. The van der Waals surface area contributed by atoms with Crippen LogP contribution < -0.4 is 4.74 Å². The zero-order valence-corrected chi connectivity index (χ0v) is 12.2. The third-order valence-electron chi connectivity index (χ3n) is 2.95. The molecular formula is C15H13ClN4O. The molecule has 5 nitrogen and oxygen atoms in total. The van der Waals surface area contributed by atoms with Crippen LogP contribution in [0.5, 0.6) is 6.01 Å². The maximum absolute atomic E-state index is 5.97. The molecule has 21 heavy (non-hydrogen) atoms. The Morgan fingerprint density at radius 2 is 2.05 bits per heavy atom. The SMILES string of the molecule is CCCOc1nc(Cl)nc(-c2cccc3ccncc23)n1. The van der Waals surface area contributed by atoms with E-state index in [9.17, 15) is 0 Å². The first-order chi connectivity index (χ1) is 10.3. The van der Waals surface area contributed by atoms with E-state index in [0.717, 1.165) is 22.8 Å². The van der Waals surface area contributed by atoms with Crippen LogP contribution in [0.25, 0.3) is 22.2 Å². The highest BCUT2D eigenvalue weighted by Gasteiger charge is 2.11. The molecule has 0 aliphatic heterocycles. The van der Waals surface area contributed by atoms with Crippen molar-refractivity contribution in [1.29, 1.82) is 0 Å². The van der Waals surface area contributed by atoms with Gasteiger partial charge in [0.15, 0.2) is 5.82 Å². The molecule has 106 valence electrons. The molecule has 0 N–H and O–H groups in total. The number of aromatic nitrogens is 4. The van der Waals surface area contributed by atoms with Gasteiger partial charge in [-0.2, -0.15) is 15.0 Å². The van der Waals surface area contributed by atoms with Gasteiger partial charge >= 0.3 is 6.01 Å². The number of rotatable bonds is 4. The van der Waals surface area contributed by atoms with E-state index in [1.807, 2.05) is 31.2 Å². The highest BCUT2D eigenvalue weighted by atomic mass is 35.5. The van der Waals surface area contributed by atoms with E-state index in [1.165, 1.54) is 0 Å². The number of halogens is 1. The molecule has 0 aliphatic carbocycles. The van der Waals surface area contributed by atoms with Crippen molar-refractivity contribution in [2.75, 3.05) is 6.61 Å². The van der Waals surface area contributed by atoms with Gasteiger partial charge < -0.3 is 4.74 Å². The summed E-state index contributed by atoms with van der Waals surface area (Å²) in [5.41, 5.74) is 0.853. The fourth-order valence-electron chi connectivity index (χ4n) is 2.02. The maximum Gasteiger partial charge on any atom is 0.321 e. The Kier molecular flexibility index (Phi) is 3.92. The first-order valence-corrected chi connectivity index (χ1v) is 7.03. The molecule has 0 aliphatic rings. The summed E-state index contributed by atoms with van der Waals surface area (Å²) in [4.78, 5) is 16.7. The fourth-order valence-corrected chi connectivity index (χ4v) is 2.17.